The minimum Gasteiger partial charge on any atom is -0.318 e. The van der Waals surface area contributed by atoms with Gasteiger partial charge in [-0.2, -0.15) is 0 Å². The van der Waals surface area contributed by atoms with Crippen molar-refractivity contribution in [2.75, 3.05) is 40.3 Å². The molecule has 1 radical (unpaired) electrons. The molecule has 0 unspecified atom stereocenters. The Labute approximate surface area is 57.2 Å². The number of nitrogens with one attached hydrogen (secondary N) is 2. The standard InChI is InChI=1S/C6H16N3/c1-7-3-5-9-6-4-8-2/h7-8H,3-6H2,1-2H3. The van der Waals surface area contributed by atoms with E-state index in [1.807, 2.05) is 14.1 Å². The minimum atomic E-state index is 0.929. The third kappa shape index (κ3) is 7.88. The highest BCUT2D eigenvalue weighted by Gasteiger charge is 1.83. The third-order valence-electron chi connectivity index (χ3n) is 1.04. The van der Waals surface area contributed by atoms with Crippen LogP contribution in [0, 0.1) is 0 Å². The second kappa shape index (κ2) is 7.88. The first kappa shape index (κ1) is 8.88. The number of hydrogen-bond donors (Lipinski definition) is 2. The van der Waals surface area contributed by atoms with Crippen molar-refractivity contribution in [3.63, 3.8) is 0 Å². The van der Waals surface area contributed by atoms with Crippen LogP contribution in [0.3, 0.4) is 0 Å². The van der Waals surface area contributed by atoms with Gasteiger partial charge in [0, 0.05) is 26.2 Å². The van der Waals surface area contributed by atoms with Gasteiger partial charge >= 0.3 is 0 Å². The number of nitrogens with zero attached hydrogens (tertiary/aromatic N) is 1. The van der Waals surface area contributed by atoms with Gasteiger partial charge in [-0.15, -0.1) is 0 Å². The van der Waals surface area contributed by atoms with Crippen molar-refractivity contribution in [3.05, 3.63) is 0 Å². The zero-order valence-corrected chi connectivity index (χ0v) is 6.28. The van der Waals surface area contributed by atoms with Crippen molar-refractivity contribution in [3.8, 4) is 0 Å². The van der Waals surface area contributed by atoms with Crippen LogP contribution in [0.5, 0.6) is 0 Å². The van der Waals surface area contributed by atoms with Gasteiger partial charge < -0.3 is 10.6 Å². The molecular formula is C6H16N3. The molecule has 0 spiro atoms. The fraction of sp³-hybridized carbons (Fsp3) is 1.00. The number of likely N-dealkylation sites (N-methyl/N-ethyl adjacent to an activating group) is 2. The van der Waals surface area contributed by atoms with Crippen molar-refractivity contribution >= 4 is 0 Å². The second-order valence-corrected chi connectivity index (χ2v) is 1.88. The topological polar surface area (TPSA) is 38.2 Å². The molecule has 0 aromatic heterocycles. The maximum absolute atomic E-state index is 4.23. The molecule has 0 aliphatic carbocycles. The predicted octanol–water partition coefficient (Wildman–Crippen LogP) is -0.970. The molecule has 2 N–H and O–H groups in total. The molecule has 0 aromatic carbocycles. The van der Waals surface area contributed by atoms with Gasteiger partial charge in [0.05, 0.1) is 0 Å². The van der Waals surface area contributed by atoms with Crippen LogP contribution in [0.15, 0.2) is 0 Å². The first-order valence-electron chi connectivity index (χ1n) is 3.34. The molecule has 0 aliphatic rings. The molecule has 9 heavy (non-hydrogen) atoms. The molecule has 55 valence electrons. The Kier molecular flexibility index (Phi) is 7.77. The molecule has 0 saturated heterocycles. The molecular weight excluding hydrogens is 114 g/mol. The smallest absolute Gasteiger partial charge is 0.0259 e. The van der Waals surface area contributed by atoms with Gasteiger partial charge in [0.2, 0.25) is 0 Å². The Morgan fingerprint density at radius 1 is 1.00 bits per heavy atom. The van der Waals surface area contributed by atoms with E-state index in [0.717, 1.165) is 26.2 Å². The summed E-state index contributed by atoms with van der Waals surface area (Å²) < 4.78 is 0. The van der Waals surface area contributed by atoms with Gasteiger partial charge in [-0.25, -0.2) is 5.32 Å². The molecule has 0 heterocycles. The monoisotopic (exact) mass is 130 g/mol. The summed E-state index contributed by atoms with van der Waals surface area (Å²) in [5.41, 5.74) is 0. The lowest BCUT2D eigenvalue weighted by Crippen LogP contribution is -2.25. The highest BCUT2D eigenvalue weighted by atomic mass is 14.9. The van der Waals surface area contributed by atoms with Gasteiger partial charge in [0.25, 0.3) is 0 Å². The highest BCUT2D eigenvalue weighted by Crippen LogP contribution is 1.59. The molecule has 3 nitrogen and oxygen atoms in total. The lowest BCUT2D eigenvalue weighted by atomic mass is 10.5. The first-order valence-corrected chi connectivity index (χ1v) is 3.34. The molecule has 0 amide bonds. The van der Waals surface area contributed by atoms with Crippen molar-refractivity contribution in [1.29, 1.82) is 0 Å². The van der Waals surface area contributed by atoms with Crippen molar-refractivity contribution in [2.24, 2.45) is 0 Å². The van der Waals surface area contributed by atoms with Crippen molar-refractivity contribution in [1.82, 2.24) is 16.0 Å². The SMILES string of the molecule is CNCC[N]CCNC. The van der Waals surface area contributed by atoms with E-state index < -0.39 is 0 Å². The maximum atomic E-state index is 4.23. The van der Waals surface area contributed by atoms with Crippen LogP contribution < -0.4 is 16.0 Å². The summed E-state index contributed by atoms with van der Waals surface area (Å²) >= 11 is 0. The quantitative estimate of drug-likeness (QED) is 0.454. The van der Waals surface area contributed by atoms with E-state index in [2.05, 4.69) is 16.0 Å². The Morgan fingerprint density at radius 2 is 1.44 bits per heavy atom. The number of rotatable bonds is 6. The average Bonchev–Trinajstić information content (AvgIpc) is 1.89. The average molecular weight is 130 g/mol. The largest absolute Gasteiger partial charge is 0.318 e. The van der Waals surface area contributed by atoms with Crippen LogP contribution in [0.25, 0.3) is 0 Å². The van der Waals surface area contributed by atoms with Crippen LogP contribution in [0.4, 0.5) is 0 Å². The molecule has 0 rings (SSSR count). The molecule has 0 bridgehead atoms. The van der Waals surface area contributed by atoms with Crippen LogP contribution in [0.2, 0.25) is 0 Å². The van der Waals surface area contributed by atoms with Gasteiger partial charge in [-0.1, -0.05) is 0 Å². The Bertz CT molecular complexity index is 41.6. The van der Waals surface area contributed by atoms with Crippen LogP contribution in [0.1, 0.15) is 0 Å². The molecule has 0 aromatic rings. The second-order valence-electron chi connectivity index (χ2n) is 1.88. The summed E-state index contributed by atoms with van der Waals surface area (Å²) in [4.78, 5) is 0. The molecule has 0 fully saturated rings. The van der Waals surface area contributed by atoms with E-state index in [-0.39, 0.29) is 0 Å². The minimum absolute atomic E-state index is 0.929. The third-order valence-corrected chi connectivity index (χ3v) is 1.04. The Morgan fingerprint density at radius 3 is 1.78 bits per heavy atom. The van der Waals surface area contributed by atoms with Crippen LogP contribution >= 0.6 is 0 Å². The fourth-order valence-electron chi connectivity index (χ4n) is 0.494. The van der Waals surface area contributed by atoms with Gasteiger partial charge in [-0.3, -0.25) is 0 Å². The molecule has 0 aliphatic heterocycles. The summed E-state index contributed by atoms with van der Waals surface area (Å²) in [6, 6.07) is 0. The Balaban J connectivity index is 2.60. The number of hydrogen-bond acceptors (Lipinski definition) is 2. The maximum Gasteiger partial charge on any atom is 0.0259 e. The lowest BCUT2D eigenvalue weighted by molar-refractivity contribution is 0.617. The van der Waals surface area contributed by atoms with Gasteiger partial charge in [0.1, 0.15) is 0 Å². The van der Waals surface area contributed by atoms with Crippen molar-refractivity contribution in [2.45, 2.75) is 0 Å². The molecule has 0 saturated carbocycles. The van der Waals surface area contributed by atoms with E-state index in [1.54, 1.807) is 0 Å². The van der Waals surface area contributed by atoms with E-state index in [1.165, 1.54) is 0 Å². The van der Waals surface area contributed by atoms with Crippen LogP contribution in [-0.2, 0) is 0 Å². The highest BCUT2D eigenvalue weighted by molar-refractivity contribution is 4.48. The van der Waals surface area contributed by atoms with E-state index in [0.29, 0.717) is 0 Å². The predicted molar refractivity (Wildman–Crippen MR) is 39.7 cm³/mol. The summed E-state index contributed by atoms with van der Waals surface area (Å²) in [6.07, 6.45) is 0. The molecule has 3 heteroatoms. The van der Waals surface area contributed by atoms with Crippen molar-refractivity contribution < 1.29 is 0 Å². The van der Waals surface area contributed by atoms with E-state index >= 15 is 0 Å². The van der Waals surface area contributed by atoms with E-state index in [9.17, 15) is 0 Å². The summed E-state index contributed by atoms with van der Waals surface area (Å²) in [5, 5.41) is 10.3. The molecule has 0 atom stereocenters. The first-order chi connectivity index (χ1) is 4.41. The fourth-order valence-corrected chi connectivity index (χ4v) is 0.494. The summed E-state index contributed by atoms with van der Waals surface area (Å²) in [6.45, 7) is 3.84. The zero-order chi connectivity index (χ0) is 6.95. The summed E-state index contributed by atoms with van der Waals surface area (Å²) in [5.74, 6) is 0. The van der Waals surface area contributed by atoms with E-state index in [4.69, 9.17) is 0 Å². The Hall–Kier alpha value is -0.120. The normalized spacial score (nSPS) is 10.0. The lowest BCUT2D eigenvalue weighted by Gasteiger charge is -1.99. The van der Waals surface area contributed by atoms with Crippen LogP contribution in [-0.4, -0.2) is 40.3 Å². The summed E-state index contributed by atoms with van der Waals surface area (Å²) in [7, 11) is 3.88. The van der Waals surface area contributed by atoms with Gasteiger partial charge in [0.15, 0.2) is 0 Å². The van der Waals surface area contributed by atoms with Gasteiger partial charge in [-0.05, 0) is 14.1 Å². The zero-order valence-electron chi connectivity index (χ0n) is 6.28.